The number of alkyl halides is 2. The van der Waals surface area contributed by atoms with Gasteiger partial charge in [0.25, 0.3) is 11.9 Å². The molecule has 1 aliphatic carbocycles. The van der Waals surface area contributed by atoms with Crippen LogP contribution in [0.15, 0.2) is 41.5 Å². The number of halogens is 3. The fraction of sp³-hybridized carbons (Fsp3) is 0.350. The van der Waals surface area contributed by atoms with E-state index in [0.717, 1.165) is 19.0 Å². The lowest BCUT2D eigenvalue weighted by molar-refractivity contribution is -0.0500. The summed E-state index contributed by atoms with van der Waals surface area (Å²) in [5.41, 5.74) is 5.12. The molecule has 0 bridgehead atoms. The van der Waals surface area contributed by atoms with E-state index in [-0.39, 0.29) is 22.9 Å². The molecule has 0 unspecified atom stereocenters. The highest BCUT2D eigenvalue weighted by atomic mass is 19.3. The van der Waals surface area contributed by atoms with Crippen LogP contribution < -0.4 is 15.8 Å². The number of amides is 1. The summed E-state index contributed by atoms with van der Waals surface area (Å²) in [4.78, 5) is 20.7. The van der Waals surface area contributed by atoms with Gasteiger partial charge in [-0.25, -0.2) is 14.4 Å². The first-order valence-corrected chi connectivity index (χ1v) is 9.23. The Morgan fingerprint density at radius 2 is 2.07 bits per heavy atom. The molecule has 1 aromatic carbocycles. The van der Waals surface area contributed by atoms with Crippen LogP contribution in [0.4, 0.5) is 18.9 Å². The summed E-state index contributed by atoms with van der Waals surface area (Å²) in [5.74, 6) is -1.22. The zero-order valence-corrected chi connectivity index (χ0v) is 16.0. The van der Waals surface area contributed by atoms with Crippen molar-refractivity contribution in [3.05, 3.63) is 53.6 Å². The van der Waals surface area contributed by atoms with Gasteiger partial charge in [-0.2, -0.15) is 8.78 Å². The molecular formula is C20H19F3N4O3. The van der Waals surface area contributed by atoms with Crippen molar-refractivity contribution in [1.29, 1.82) is 0 Å². The normalized spacial score (nSPS) is 21.7. The standard InChI is InChI=1S/C20H19F3N4O3/c1-19(20(6-7-20)10-29-18(24)27-19)13-8-11(2-4-14(13)21)26-16(28)15-5-3-12(9-25-15)30-17(22)23/h2-5,8-9,17H,6-7,10H2,1H3,(H2,24,27)(H,26,28)/t19-/m1/s1. The number of amidine groups is 1. The lowest BCUT2D eigenvalue weighted by atomic mass is 9.76. The van der Waals surface area contributed by atoms with Crippen LogP contribution in [0.1, 0.15) is 35.8 Å². The van der Waals surface area contributed by atoms with Crippen molar-refractivity contribution in [2.75, 3.05) is 11.9 Å². The number of carbonyl (C=O) groups excluding carboxylic acids is 1. The number of anilines is 1. The molecule has 4 rings (SSSR count). The fourth-order valence-corrected chi connectivity index (χ4v) is 3.71. The quantitative estimate of drug-likeness (QED) is 0.772. The molecule has 1 saturated carbocycles. The van der Waals surface area contributed by atoms with Crippen LogP contribution in [-0.4, -0.2) is 30.1 Å². The van der Waals surface area contributed by atoms with Crippen molar-refractivity contribution in [2.45, 2.75) is 31.9 Å². The maximum absolute atomic E-state index is 14.8. The Morgan fingerprint density at radius 3 is 2.70 bits per heavy atom. The van der Waals surface area contributed by atoms with Gasteiger partial charge < -0.3 is 20.5 Å². The Kier molecular flexibility index (Phi) is 4.79. The molecule has 2 aromatic rings. The van der Waals surface area contributed by atoms with Crippen LogP contribution in [0.5, 0.6) is 5.75 Å². The van der Waals surface area contributed by atoms with Crippen molar-refractivity contribution in [1.82, 2.24) is 4.98 Å². The SMILES string of the molecule is C[C@]1(c2cc(NC(=O)c3ccc(OC(F)F)cn3)ccc2F)N=C(N)OCC12CC2. The molecule has 2 heterocycles. The maximum Gasteiger partial charge on any atom is 0.387 e. The largest absolute Gasteiger partial charge is 0.465 e. The van der Waals surface area contributed by atoms with E-state index >= 15 is 0 Å². The molecule has 0 saturated heterocycles. The Hall–Kier alpha value is -3.30. The van der Waals surface area contributed by atoms with Crippen LogP contribution in [0.25, 0.3) is 0 Å². The second-order valence-electron chi connectivity index (χ2n) is 7.50. The minimum atomic E-state index is -2.98. The molecule has 7 nitrogen and oxygen atoms in total. The first-order valence-electron chi connectivity index (χ1n) is 9.23. The number of carbonyl (C=O) groups is 1. The fourth-order valence-electron chi connectivity index (χ4n) is 3.71. The predicted octanol–water partition coefficient (Wildman–Crippen LogP) is 3.41. The van der Waals surface area contributed by atoms with Gasteiger partial charge in [0.2, 0.25) is 0 Å². The van der Waals surface area contributed by atoms with Crippen LogP contribution in [-0.2, 0) is 10.3 Å². The molecule has 0 radical (unpaired) electrons. The summed E-state index contributed by atoms with van der Waals surface area (Å²) in [6, 6.07) is 6.65. The molecule has 10 heteroatoms. The first-order chi connectivity index (χ1) is 14.2. The summed E-state index contributed by atoms with van der Waals surface area (Å²) >= 11 is 0. The summed E-state index contributed by atoms with van der Waals surface area (Å²) in [6.07, 6.45) is 2.68. The monoisotopic (exact) mass is 420 g/mol. The van der Waals surface area contributed by atoms with Gasteiger partial charge in [0.15, 0.2) is 0 Å². The average molecular weight is 420 g/mol. The molecule has 3 N–H and O–H groups in total. The van der Waals surface area contributed by atoms with E-state index in [1.54, 1.807) is 0 Å². The number of aromatic nitrogens is 1. The number of pyridine rings is 1. The molecule has 1 fully saturated rings. The van der Waals surface area contributed by atoms with E-state index < -0.39 is 23.9 Å². The molecule has 2 aliphatic rings. The minimum Gasteiger partial charge on any atom is -0.465 e. The minimum absolute atomic E-state index is 0.000769. The van der Waals surface area contributed by atoms with Gasteiger partial charge in [-0.15, -0.1) is 0 Å². The molecule has 158 valence electrons. The Balaban J connectivity index is 1.58. The highest BCUT2D eigenvalue weighted by Gasteiger charge is 2.61. The molecular weight excluding hydrogens is 401 g/mol. The van der Waals surface area contributed by atoms with E-state index in [2.05, 4.69) is 20.0 Å². The summed E-state index contributed by atoms with van der Waals surface area (Å²) in [6.45, 7) is -0.823. The summed E-state index contributed by atoms with van der Waals surface area (Å²) < 4.78 is 48.8. The third-order valence-corrected chi connectivity index (χ3v) is 5.66. The van der Waals surface area contributed by atoms with Crippen molar-refractivity contribution in [2.24, 2.45) is 16.1 Å². The van der Waals surface area contributed by atoms with Gasteiger partial charge in [0.1, 0.15) is 22.8 Å². The van der Waals surface area contributed by atoms with Crippen molar-refractivity contribution in [3.8, 4) is 5.75 Å². The number of ether oxygens (including phenoxy) is 2. The number of benzene rings is 1. The average Bonchev–Trinajstić information content (AvgIpc) is 3.48. The number of nitrogens with one attached hydrogen (secondary N) is 1. The smallest absolute Gasteiger partial charge is 0.387 e. The molecule has 1 aliphatic heterocycles. The zero-order chi connectivity index (χ0) is 21.5. The van der Waals surface area contributed by atoms with Gasteiger partial charge >= 0.3 is 6.61 Å². The molecule has 30 heavy (non-hydrogen) atoms. The summed E-state index contributed by atoms with van der Waals surface area (Å²) in [7, 11) is 0. The van der Waals surface area contributed by atoms with Crippen LogP contribution >= 0.6 is 0 Å². The molecule has 1 spiro atoms. The summed E-state index contributed by atoms with van der Waals surface area (Å²) in [5, 5.41) is 2.63. The van der Waals surface area contributed by atoms with E-state index in [1.165, 1.54) is 30.3 Å². The van der Waals surface area contributed by atoms with Crippen molar-refractivity contribution in [3.63, 3.8) is 0 Å². The van der Waals surface area contributed by atoms with Crippen LogP contribution in [0.2, 0.25) is 0 Å². The number of rotatable bonds is 5. The Bertz CT molecular complexity index is 1010. The van der Waals surface area contributed by atoms with E-state index in [4.69, 9.17) is 10.5 Å². The van der Waals surface area contributed by atoms with Gasteiger partial charge in [-0.1, -0.05) is 0 Å². The lowest BCUT2D eigenvalue weighted by Crippen LogP contribution is -2.43. The second-order valence-corrected chi connectivity index (χ2v) is 7.50. The Labute approximate surface area is 170 Å². The third kappa shape index (κ3) is 3.53. The van der Waals surface area contributed by atoms with Crippen LogP contribution in [0.3, 0.4) is 0 Å². The van der Waals surface area contributed by atoms with Gasteiger partial charge in [0, 0.05) is 16.7 Å². The zero-order valence-electron chi connectivity index (χ0n) is 16.0. The van der Waals surface area contributed by atoms with Crippen LogP contribution in [0, 0.1) is 11.2 Å². The van der Waals surface area contributed by atoms with E-state index in [0.29, 0.717) is 17.9 Å². The first kappa shape index (κ1) is 20.0. The maximum atomic E-state index is 14.8. The topological polar surface area (TPSA) is 98.8 Å². The van der Waals surface area contributed by atoms with Crippen molar-refractivity contribution < 1.29 is 27.4 Å². The number of aliphatic imine (C=N–C) groups is 1. The van der Waals surface area contributed by atoms with Gasteiger partial charge in [-0.3, -0.25) is 4.79 Å². The second kappa shape index (κ2) is 7.19. The van der Waals surface area contributed by atoms with E-state index in [9.17, 15) is 18.0 Å². The molecule has 1 atom stereocenters. The van der Waals surface area contributed by atoms with Crippen molar-refractivity contribution >= 4 is 17.6 Å². The number of hydrogen-bond donors (Lipinski definition) is 2. The molecule has 1 amide bonds. The highest BCUT2D eigenvalue weighted by molar-refractivity contribution is 6.02. The van der Waals surface area contributed by atoms with E-state index in [1.807, 2.05) is 6.92 Å². The number of hydrogen-bond acceptors (Lipinski definition) is 6. The number of nitrogens with two attached hydrogens (primary N) is 1. The van der Waals surface area contributed by atoms with Gasteiger partial charge in [-0.05, 0) is 50.1 Å². The number of nitrogens with zero attached hydrogens (tertiary/aromatic N) is 2. The Morgan fingerprint density at radius 1 is 1.30 bits per heavy atom. The third-order valence-electron chi connectivity index (χ3n) is 5.66. The lowest BCUT2D eigenvalue weighted by Gasteiger charge is -2.38. The van der Waals surface area contributed by atoms with Gasteiger partial charge in [0.05, 0.1) is 12.8 Å². The highest BCUT2D eigenvalue weighted by Crippen LogP contribution is 2.62. The molecule has 1 aromatic heterocycles. The predicted molar refractivity (Wildman–Crippen MR) is 102 cm³/mol.